The maximum absolute atomic E-state index is 12.0. The van der Waals surface area contributed by atoms with E-state index in [1.54, 1.807) is 24.3 Å². The summed E-state index contributed by atoms with van der Waals surface area (Å²) in [4.78, 5) is 37.0. The fraction of sp³-hybridized carbons (Fsp3) is 0.111. The highest BCUT2D eigenvalue weighted by molar-refractivity contribution is 5.86. The summed E-state index contributed by atoms with van der Waals surface area (Å²) in [5.41, 5.74) is 1.41. The van der Waals surface area contributed by atoms with Gasteiger partial charge in [0.25, 0.3) is 5.09 Å². The Morgan fingerprint density at radius 1 is 1.11 bits per heavy atom. The van der Waals surface area contributed by atoms with Gasteiger partial charge < -0.3 is 19.8 Å². The van der Waals surface area contributed by atoms with Gasteiger partial charge in [0.05, 0.1) is 6.42 Å². The van der Waals surface area contributed by atoms with E-state index < -0.39 is 17.0 Å². The van der Waals surface area contributed by atoms with Crippen LogP contribution in [0.4, 0.5) is 0 Å². The van der Waals surface area contributed by atoms with Gasteiger partial charge in [0, 0.05) is 11.6 Å². The molecule has 0 amide bonds. The molecule has 0 aliphatic rings. The summed E-state index contributed by atoms with van der Waals surface area (Å²) < 4.78 is 5.18. The minimum absolute atomic E-state index is 0.0441. The quantitative estimate of drug-likeness (QED) is 0.237. The van der Waals surface area contributed by atoms with Crippen molar-refractivity contribution in [2.24, 2.45) is 0 Å². The average Bonchev–Trinajstić information content (AvgIpc) is 2.61. The third kappa shape index (κ3) is 6.50. The van der Waals surface area contributed by atoms with Gasteiger partial charge in [0.15, 0.2) is 0 Å². The number of nitrogens with zero attached hydrogens (tertiary/aromatic N) is 1. The van der Waals surface area contributed by atoms with Crippen LogP contribution in [0.1, 0.15) is 16.7 Å². The maximum atomic E-state index is 12.0. The number of phenolic OH excluding ortho intramolecular Hbond substituents is 1. The highest BCUT2D eigenvalue weighted by Gasteiger charge is 2.09. The predicted octanol–water partition coefficient (Wildman–Crippen LogP) is 2.35. The van der Waals surface area contributed by atoms with Crippen LogP contribution in [0.3, 0.4) is 0 Å². The molecule has 2 N–H and O–H groups in total. The smallest absolute Gasteiger partial charge is 0.328 e. The van der Waals surface area contributed by atoms with Gasteiger partial charge in [0.1, 0.15) is 18.1 Å². The summed E-state index contributed by atoms with van der Waals surface area (Å²) in [5.74, 6) is -1.74. The van der Waals surface area contributed by atoms with E-state index in [-0.39, 0.29) is 30.1 Å². The Hall–Kier alpha value is -3.88. The summed E-state index contributed by atoms with van der Waals surface area (Å²) in [7, 11) is 0. The zero-order chi connectivity index (χ0) is 19.8. The molecule has 2 aromatic rings. The third-order valence-electron chi connectivity index (χ3n) is 3.34. The minimum atomic E-state index is -1.18. The first-order chi connectivity index (χ1) is 12.8. The molecule has 0 aliphatic carbocycles. The van der Waals surface area contributed by atoms with E-state index >= 15 is 0 Å². The van der Waals surface area contributed by atoms with Crippen molar-refractivity contribution in [1.29, 1.82) is 0 Å². The van der Waals surface area contributed by atoms with Crippen LogP contribution in [0.15, 0.2) is 48.5 Å². The van der Waals surface area contributed by atoms with Crippen LogP contribution in [0, 0.1) is 10.1 Å². The second-order valence-corrected chi connectivity index (χ2v) is 5.36. The van der Waals surface area contributed by atoms with Crippen molar-refractivity contribution in [3.8, 4) is 11.5 Å². The molecule has 0 aliphatic heterocycles. The SMILES string of the molecule is O=C(O)C=Cc1cc(OC(=O)Cc2ccc(CO[N+](=O)[O-])cc2)ccc1O. The highest BCUT2D eigenvalue weighted by Crippen LogP contribution is 2.24. The number of ether oxygens (including phenoxy) is 1. The van der Waals surface area contributed by atoms with Gasteiger partial charge in [-0.3, -0.25) is 4.79 Å². The summed E-state index contributed by atoms with van der Waals surface area (Å²) in [6.45, 7) is -0.183. The molecule has 0 saturated carbocycles. The molecule has 140 valence electrons. The van der Waals surface area contributed by atoms with Gasteiger partial charge in [-0.2, -0.15) is 0 Å². The second-order valence-electron chi connectivity index (χ2n) is 5.36. The number of benzene rings is 2. The molecule has 0 aromatic heterocycles. The Morgan fingerprint density at radius 2 is 1.78 bits per heavy atom. The van der Waals surface area contributed by atoms with Crippen molar-refractivity contribution in [3.05, 3.63) is 75.3 Å². The van der Waals surface area contributed by atoms with Crippen molar-refractivity contribution in [2.75, 3.05) is 0 Å². The van der Waals surface area contributed by atoms with E-state index in [4.69, 9.17) is 9.84 Å². The average molecular weight is 373 g/mol. The number of aromatic hydroxyl groups is 1. The predicted molar refractivity (Wildman–Crippen MR) is 92.3 cm³/mol. The van der Waals surface area contributed by atoms with Crippen LogP contribution < -0.4 is 4.74 Å². The minimum Gasteiger partial charge on any atom is -0.507 e. The number of carbonyl (C=O) groups excluding carboxylic acids is 1. The number of hydrogen-bond donors (Lipinski definition) is 2. The van der Waals surface area contributed by atoms with E-state index in [1.807, 2.05) is 0 Å². The number of esters is 1. The Balaban J connectivity index is 1.98. The van der Waals surface area contributed by atoms with Crippen LogP contribution in [0.5, 0.6) is 11.5 Å². The lowest BCUT2D eigenvalue weighted by Gasteiger charge is -2.07. The highest BCUT2D eigenvalue weighted by atomic mass is 16.9. The number of aliphatic carboxylic acids is 1. The lowest BCUT2D eigenvalue weighted by Crippen LogP contribution is -2.11. The molecule has 27 heavy (non-hydrogen) atoms. The van der Waals surface area contributed by atoms with E-state index in [9.17, 15) is 24.8 Å². The van der Waals surface area contributed by atoms with Gasteiger partial charge >= 0.3 is 11.9 Å². The van der Waals surface area contributed by atoms with Gasteiger partial charge in [-0.25, -0.2) is 4.79 Å². The number of hydrogen-bond acceptors (Lipinski definition) is 7. The second kappa shape index (κ2) is 8.99. The van der Waals surface area contributed by atoms with Crippen LogP contribution in [-0.4, -0.2) is 27.2 Å². The van der Waals surface area contributed by atoms with Crippen LogP contribution >= 0.6 is 0 Å². The number of carboxylic acids is 1. The lowest BCUT2D eigenvalue weighted by atomic mass is 10.1. The van der Waals surface area contributed by atoms with Gasteiger partial charge in [-0.05, 0) is 35.4 Å². The first-order valence-corrected chi connectivity index (χ1v) is 7.63. The first kappa shape index (κ1) is 19.4. The van der Waals surface area contributed by atoms with E-state index in [0.717, 1.165) is 6.08 Å². The van der Waals surface area contributed by atoms with Crippen LogP contribution in [0.2, 0.25) is 0 Å². The molecule has 9 heteroatoms. The largest absolute Gasteiger partial charge is 0.507 e. The zero-order valence-corrected chi connectivity index (χ0v) is 13.9. The molecular formula is C18H15NO8. The number of carboxylic acid groups (broad SMARTS) is 1. The van der Waals surface area contributed by atoms with Crippen molar-refractivity contribution in [1.82, 2.24) is 0 Å². The molecular weight excluding hydrogens is 358 g/mol. The third-order valence-corrected chi connectivity index (χ3v) is 3.34. The Labute approximate surface area is 153 Å². The Morgan fingerprint density at radius 3 is 2.41 bits per heavy atom. The summed E-state index contributed by atoms with van der Waals surface area (Å²) in [6.07, 6.45) is 1.99. The van der Waals surface area contributed by atoms with Gasteiger partial charge in [0.2, 0.25) is 0 Å². The summed E-state index contributed by atoms with van der Waals surface area (Å²) in [5, 5.41) is 27.6. The Kier molecular flexibility index (Phi) is 6.48. The number of phenols is 1. The molecule has 0 heterocycles. The van der Waals surface area contributed by atoms with Crippen molar-refractivity contribution in [2.45, 2.75) is 13.0 Å². The first-order valence-electron chi connectivity index (χ1n) is 7.63. The van der Waals surface area contributed by atoms with Crippen LogP contribution in [0.25, 0.3) is 6.08 Å². The molecule has 2 aromatic carbocycles. The zero-order valence-electron chi connectivity index (χ0n) is 13.9. The fourth-order valence-electron chi connectivity index (χ4n) is 2.11. The van der Waals surface area contributed by atoms with Crippen molar-refractivity contribution < 1.29 is 34.5 Å². The van der Waals surface area contributed by atoms with Crippen LogP contribution in [-0.2, 0) is 27.5 Å². The molecule has 0 bridgehead atoms. The molecule has 0 saturated heterocycles. The number of carbonyl (C=O) groups is 2. The molecule has 9 nitrogen and oxygen atoms in total. The van der Waals surface area contributed by atoms with Crippen molar-refractivity contribution >= 4 is 18.0 Å². The summed E-state index contributed by atoms with van der Waals surface area (Å²) >= 11 is 0. The van der Waals surface area contributed by atoms with Gasteiger partial charge in [-0.15, -0.1) is 10.1 Å². The molecule has 2 rings (SSSR count). The monoisotopic (exact) mass is 373 g/mol. The molecule has 0 fully saturated rings. The maximum Gasteiger partial charge on any atom is 0.328 e. The van der Waals surface area contributed by atoms with Gasteiger partial charge in [-0.1, -0.05) is 24.3 Å². The van der Waals surface area contributed by atoms with E-state index in [2.05, 4.69) is 4.84 Å². The number of rotatable bonds is 8. The molecule has 0 atom stereocenters. The Bertz CT molecular complexity index is 873. The standard InChI is InChI=1S/C18H15NO8/c20-16-7-6-15(10-14(16)5-8-17(21)22)27-18(23)9-12-1-3-13(4-2-12)11-26-19(24)25/h1-8,10,20H,9,11H2,(H,21,22). The van der Waals surface area contributed by atoms with E-state index in [0.29, 0.717) is 11.1 Å². The summed E-state index contributed by atoms with van der Waals surface area (Å²) in [6, 6.07) is 10.4. The topological polar surface area (TPSA) is 136 Å². The normalized spacial score (nSPS) is 10.5. The fourth-order valence-corrected chi connectivity index (χ4v) is 2.11. The molecule has 0 radical (unpaired) electrons. The molecule has 0 unspecified atom stereocenters. The van der Waals surface area contributed by atoms with Crippen molar-refractivity contribution in [3.63, 3.8) is 0 Å². The lowest BCUT2D eigenvalue weighted by molar-refractivity contribution is -0.763. The molecule has 0 spiro atoms. The van der Waals surface area contributed by atoms with E-state index in [1.165, 1.54) is 24.3 Å².